The molecule has 11 heteroatoms. The Bertz CT molecular complexity index is 1170. The van der Waals surface area contributed by atoms with Gasteiger partial charge in [-0.05, 0) is 63.3 Å². The van der Waals surface area contributed by atoms with Crippen LogP contribution < -0.4 is 4.90 Å². The van der Waals surface area contributed by atoms with Crippen LogP contribution in [0.25, 0.3) is 0 Å². The fourth-order valence-electron chi connectivity index (χ4n) is 4.45. The first-order valence-electron chi connectivity index (χ1n) is 11.5. The second-order valence-electron chi connectivity index (χ2n) is 9.24. The number of benzene rings is 2. The zero-order chi connectivity index (χ0) is 26.1. The normalized spacial score (nSPS) is 21.7. The summed E-state index contributed by atoms with van der Waals surface area (Å²) in [6.07, 6.45) is -6.10. The van der Waals surface area contributed by atoms with Gasteiger partial charge in [0.2, 0.25) is 0 Å². The number of H-pyrrole nitrogens is 1. The molecule has 1 saturated heterocycles. The lowest BCUT2D eigenvalue weighted by Crippen LogP contribution is -2.60. The maximum absolute atomic E-state index is 13.8. The van der Waals surface area contributed by atoms with Gasteiger partial charge < -0.3 is 19.3 Å². The molecule has 194 valence electrons. The van der Waals surface area contributed by atoms with E-state index in [1.54, 1.807) is 25.1 Å². The standard InChI is InChI=1S/C25H29F4N5O2/c1-16(17-6-5-7-19(14-17)25(27,28)29)36-23-24(2,18-8-10-20(26)11-9-18)34(12-13-35-23)22-21(15-33(3)4)30-32-31-22/h5-11,14,16,23H,12-13,15H2,1-4H3,(H,30,31,32)/t16-,23-,24+/m1/s1. The van der Waals surface area contributed by atoms with E-state index in [-0.39, 0.29) is 6.61 Å². The molecule has 0 saturated carbocycles. The van der Waals surface area contributed by atoms with Gasteiger partial charge in [0.1, 0.15) is 17.1 Å². The number of hydrogen-bond donors (Lipinski definition) is 1. The highest BCUT2D eigenvalue weighted by molar-refractivity contribution is 5.50. The second-order valence-corrected chi connectivity index (χ2v) is 9.24. The van der Waals surface area contributed by atoms with Crippen LogP contribution in [-0.2, 0) is 27.7 Å². The maximum atomic E-state index is 13.8. The lowest BCUT2D eigenvalue weighted by molar-refractivity contribution is -0.216. The van der Waals surface area contributed by atoms with Crippen molar-refractivity contribution in [3.05, 3.63) is 76.7 Å². The molecular formula is C25H29F4N5O2. The van der Waals surface area contributed by atoms with E-state index in [4.69, 9.17) is 9.47 Å². The third-order valence-electron chi connectivity index (χ3n) is 6.36. The Labute approximate surface area is 207 Å². The molecule has 0 amide bonds. The van der Waals surface area contributed by atoms with Crippen molar-refractivity contribution in [1.29, 1.82) is 0 Å². The van der Waals surface area contributed by atoms with E-state index < -0.39 is 35.5 Å². The molecule has 1 aliphatic rings. The van der Waals surface area contributed by atoms with Gasteiger partial charge in [-0.3, -0.25) is 0 Å². The first-order chi connectivity index (χ1) is 17.0. The van der Waals surface area contributed by atoms with E-state index in [2.05, 4.69) is 15.4 Å². The van der Waals surface area contributed by atoms with Crippen LogP contribution in [-0.4, -0.2) is 53.8 Å². The van der Waals surface area contributed by atoms with Crippen molar-refractivity contribution in [3.8, 4) is 0 Å². The van der Waals surface area contributed by atoms with Crippen molar-refractivity contribution in [3.63, 3.8) is 0 Å². The van der Waals surface area contributed by atoms with Gasteiger partial charge in [-0.1, -0.05) is 24.3 Å². The van der Waals surface area contributed by atoms with Crippen LogP contribution in [0.2, 0.25) is 0 Å². The summed E-state index contributed by atoms with van der Waals surface area (Å²) in [6, 6.07) is 11.0. The molecule has 1 fully saturated rings. The van der Waals surface area contributed by atoms with Crippen LogP contribution in [0.15, 0.2) is 48.5 Å². The van der Waals surface area contributed by atoms with Gasteiger partial charge in [0.15, 0.2) is 12.1 Å². The van der Waals surface area contributed by atoms with Gasteiger partial charge in [0.25, 0.3) is 0 Å². The first kappa shape index (κ1) is 26.1. The molecule has 3 atom stereocenters. The van der Waals surface area contributed by atoms with Gasteiger partial charge in [-0.2, -0.15) is 23.5 Å². The summed E-state index contributed by atoms with van der Waals surface area (Å²) >= 11 is 0. The van der Waals surface area contributed by atoms with Crippen molar-refractivity contribution < 1.29 is 27.0 Å². The minimum atomic E-state index is -4.47. The van der Waals surface area contributed by atoms with Crippen LogP contribution in [0.5, 0.6) is 0 Å². The van der Waals surface area contributed by atoms with Gasteiger partial charge in [-0.25, -0.2) is 4.39 Å². The zero-order valence-corrected chi connectivity index (χ0v) is 20.5. The molecule has 0 unspecified atom stereocenters. The van der Waals surface area contributed by atoms with Crippen LogP contribution in [0.4, 0.5) is 23.4 Å². The number of nitrogens with one attached hydrogen (secondary N) is 1. The van der Waals surface area contributed by atoms with Crippen molar-refractivity contribution >= 4 is 5.82 Å². The highest BCUT2D eigenvalue weighted by Gasteiger charge is 2.48. The van der Waals surface area contributed by atoms with Crippen molar-refractivity contribution in [1.82, 2.24) is 20.3 Å². The number of halogens is 4. The molecule has 4 rings (SSSR count). The summed E-state index contributed by atoms with van der Waals surface area (Å²) in [5.41, 5.74) is 0.0175. The van der Waals surface area contributed by atoms with Crippen LogP contribution in [0.1, 0.15) is 42.3 Å². The number of ether oxygens (including phenoxy) is 2. The van der Waals surface area contributed by atoms with E-state index in [0.29, 0.717) is 35.7 Å². The molecule has 0 bridgehead atoms. The Morgan fingerprint density at radius 2 is 1.92 bits per heavy atom. The summed E-state index contributed by atoms with van der Waals surface area (Å²) in [5, 5.41) is 11.4. The number of rotatable bonds is 7. The van der Waals surface area contributed by atoms with E-state index in [1.807, 2.05) is 30.8 Å². The molecule has 2 aromatic carbocycles. The van der Waals surface area contributed by atoms with Gasteiger partial charge in [0.05, 0.1) is 18.3 Å². The molecule has 3 aromatic rings. The quantitative estimate of drug-likeness (QED) is 0.460. The molecule has 36 heavy (non-hydrogen) atoms. The second kappa shape index (κ2) is 10.2. The molecule has 1 aromatic heterocycles. The Balaban J connectivity index is 1.72. The molecule has 0 radical (unpaired) electrons. The fourth-order valence-corrected chi connectivity index (χ4v) is 4.45. The van der Waals surface area contributed by atoms with Gasteiger partial charge >= 0.3 is 6.18 Å². The fraction of sp³-hybridized carbons (Fsp3) is 0.440. The molecule has 0 aliphatic carbocycles. The molecular weight excluding hydrogens is 478 g/mol. The van der Waals surface area contributed by atoms with E-state index in [9.17, 15) is 17.6 Å². The molecule has 7 nitrogen and oxygen atoms in total. The Kier molecular flexibility index (Phi) is 7.35. The SMILES string of the molecule is C[C@@H](O[C@H]1OCCN(c2n[nH]nc2CN(C)C)[C@@]1(C)c1ccc(F)cc1)c1cccc(C(F)(F)F)c1. The van der Waals surface area contributed by atoms with Crippen LogP contribution in [0.3, 0.4) is 0 Å². The zero-order valence-electron chi connectivity index (χ0n) is 20.5. The summed E-state index contributed by atoms with van der Waals surface area (Å²) < 4.78 is 66.0. The predicted octanol–water partition coefficient (Wildman–Crippen LogP) is 4.88. The number of aromatic amines is 1. The van der Waals surface area contributed by atoms with Gasteiger partial charge in [-0.15, -0.1) is 5.10 Å². The average molecular weight is 508 g/mol. The number of alkyl halides is 3. The summed E-state index contributed by atoms with van der Waals surface area (Å²) in [7, 11) is 3.83. The number of nitrogens with zero attached hydrogens (tertiary/aromatic N) is 4. The highest BCUT2D eigenvalue weighted by Crippen LogP contribution is 2.42. The lowest BCUT2D eigenvalue weighted by atomic mass is 9.87. The third-order valence-corrected chi connectivity index (χ3v) is 6.36. The molecule has 1 N–H and O–H groups in total. The maximum Gasteiger partial charge on any atom is 0.416 e. The third kappa shape index (κ3) is 5.23. The summed E-state index contributed by atoms with van der Waals surface area (Å²) in [4.78, 5) is 3.95. The minimum absolute atomic E-state index is 0.283. The van der Waals surface area contributed by atoms with Crippen molar-refractivity contribution in [2.24, 2.45) is 0 Å². The minimum Gasteiger partial charge on any atom is -0.348 e. The molecule has 0 spiro atoms. The highest BCUT2D eigenvalue weighted by atomic mass is 19.4. The van der Waals surface area contributed by atoms with E-state index in [1.165, 1.54) is 18.2 Å². The predicted molar refractivity (Wildman–Crippen MR) is 126 cm³/mol. The van der Waals surface area contributed by atoms with E-state index >= 15 is 0 Å². The van der Waals surface area contributed by atoms with E-state index in [0.717, 1.165) is 12.1 Å². The number of aromatic nitrogens is 3. The molecule has 1 aliphatic heterocycles. The van der Waals surface area contributed by atoms with Gasteiger partial charge in [0, 0.05) is 13.1 Å². The molecule has 2 heterocycles. The number of hydrogen-bond acceptors (Lipinski definition) is 6. The average Bonchev–Trinajstić information content (AvgIpc) is 3.27. The number of anilines is 1. The summed E-state index contributed by atoms with van der Waals surface area (Å²) in [6.45, 7) is 4.81. The topological polar surface area (TPSA) is 66.5 Å². The van der Waals surface area contributed by atoms with Crippen molar-refractivity contribution in [2.75, 3.05) is 32.1 Å². The number of morpholine rings is 1. The smallest absolute Gasteiger partial charge is 0.348 e. The Hall–Kier alpha value is -3.02. The van der Waals surface area contributed by atoms with Crippen molar-refractivity contribution in [2.45, 2.75) is 44.5 Å². The first-order valence-corrected chi connectivity index (χ1v) is 11.5. The lowest BCUT2D eigenvalue weighted by Gasteiger charge is -2.50. The van der Waals surface area contributed by atoms with Crippen LogP contribution in [0, 0.1) is 5.82 Å². The Morgan fingerprint density at radius 1 is 1.19 bits per heavy atom. The largest absolute Gasteiger partial charge is 0.416 e. The van der Waals surface area contributed by atoms with Crippen LogP contribution >= 0.6 is 0 Å². The Morgan fingerprint density at radius 3 is 2.58 bits per heavy atom. The summed E-state index contributed by atoms with van der Waals surface area (Å²) in [5.74, 6) is 0.203. The monoisotopic (exact) mass is 507 g/mol.